The zero-order valence-corrected chi connectivity index (χ0v) is 11.5. The number of nitrogens with two attached hydrogens (primary N) is 1. The van der Waals surface area contributed by atoms with Crippen LogP contribution in [0.4, 0.5) is 0 Å². The summed E-state index contributed by atoms with van der Waals surface area (Å²) in [5.41, 5.74) is 7.33. The van der Waals surface area contributed by atoms with E-state index in [-0.39, 0.29) is 6.04 Å². The molecule has 0 saturated carbocycles. The van der Waals surface area contributed by atoms with Gasteiger partial charge in [-0.2, -0.15) is 0 Å². The fraction of sp³-hybridized carbons (Fsp3) is 0.500. The smallest absolute Gasteiger partial charge is 0.0420 e. The lowest BCUT2D eigenvalue weighted by molar-refractivity contribution is 0.405. The molecule has 15 heavy (non-hydrogen) atoms. The first-order chi connectivity index (χ1) is 7.08. The van der Waals surface area contributed by atoms with E-state index in [1.54, 1.807) is 0 Å². The zero-order chi connectivity index (χ0) is 11.4. The minimum absolute atomic E-state index is 0.0787. The van der Waals surface area contributed by atoms with Crippen molar-refractivity contribution in [3.63, 3.8) is 0 Å². The molecule has 0 fully saturated rings. The highest BCUT2D eigenvalue weighted by Crippen LogP contribution is 2.29. The van der Waals surface area contributed by atoms with E-state index in [2.05, 4.69) is 35.8 Å². The van der Waals surface area contributed by atoms with Gasteiger partial charge in [-0.1, -0.05) is 54.2 Å². The molecule has 84 valence electrons. The largest absolute Gasteiger partial charge is 0.324 e. The Morgan fingerprint density at radius 3 is 2.33 bits per heavy atom. The molecule has 1 aromatic rings. The molecule has 2 N–H and O–H groups in total. The Morgan fingerprint density at radius 1 is 1.27 bits per heavy atom. The summed E-state index contributed by atoms with van der Waals surface area (Å²) in [5, 5.41) is 0.737. The van der Waals surface area contributed by atoms with Crippen molar-refractivity contribution < 1.29 is 0 Å². The van der Waals surface area contributed by atoms with Crippen LogP contribution in [0, 0.1) is 5.92 Å². The summed E-state index contributed by atoms with van der Waals surface area (Å²) in [4.78, 5) is 0. The number of rotatable bonds is 4. The van der Waals surface area contributed by atoms with Crippen molar-refractivity contribution in [3.05, 3.63) is 33.3 Å². The summed E-state index contributed by atoms with van der Waals surface area (Å²) in [6.45, 7) is 4.35. The molecule has 1 aromatic carbocycles. The number of halogens is 2. The number of benzene rings is 1. The van der Waals surface area contributed by atoms with E-state index in [0.717, 1.165) is 27.9 Å². The fourth-order valence-corrected chi connectivity index (χ4v) is 2.72. The van der Waals surface area contributed by atoms with Gasteiger partial charge < -0.3 is 5.73 Å². The Balaban J connectivity index is 2.94. The van der Waals surface area contributed by atoms with Crippen LogP contribution in [-0.4, -0.2) is 0 Å². The Bertz CT molecular complexity index is 303. The Kier molecular flexibility index (Phi) is 5.10. The second-order valence-corrected chi connectivity index (χ2v) is 5.16. The third-order valence-electron chi connectivity index (χ3n) is 2.83. The molecule has 0 aliphatic rings. The van der Waals surface area contributed by atoms with Crippen molar-refractivity contribution in [1.29, 1.82) is 0 Å². The van der Waals surface area contributed by atoms with Crippen LogP contribution < -0.4 is 5.73 Å². The molecule has 0 spiro atoms. The van der Waals surface area contributed by atoms with E-state index < -0.39 is 0 Å². The molecular formula is C12H17BrClN. The Morgan fingerprint density at radius 2 is 1.87 bits per heavy atom. The summed E-state index contributed by atoms with van der Waals surface area (Å²) >= 11 is 9.43. The van der Waals surface area contributed by atoms with E-state index in [1.165, 1.54) is 0 Å². The molecule has 0 saturated heterocycles. The van der Waals surface area contributed by atoms with Gasteiger partial charge in [0.1, 0.15) is 0 Å². The molecule has 0 aliphatic heterocycles. The standard InChI is InChI=1S/C12H17BrClN/c1-3-8(4-2)12(15)9-5-10(13)7-11(14)6-9/h5-8,12H,3-4,15H2,1-2H3. The van der Waals surface area contributed by atoms with Crippen LogP contribution in [0.25, 0.3) is 0 Å². The summed E-state index contributed by atoms with van der Waals surface area (Å²) in [6, 6.07) is 5.96. The Hall–Kier alpha value is -0.0500. The molecule has 0 amide bonds. The SMILES string of the molecule is CCC(CC)C(N)c1cc(Cl)cc(Br)c1. The highest BCUT2D eigenvalue weighted by Gasteiger charge is 2.16. The topological polar surface area (TPSA) is 26.0 Å². The van der Waals surface area contributed by atoms with Crippen LogP contribution in [0.2, 0.25) is 5.02 Å². The maximum atomic E-state index is 6.22. The molecule has 1 atom stereocenters. The third-order valence-corrected chi connectivity index (χ3v) is 3.50. The summed E-state index contributed by atoms with van der Waals surface area (Å²) in [6.07, 6.45) is 2.20. The highest BCUT2D eigenvalue weighted by molar-refractivity contribution is 9.10. The first kappa shape index (κ1) is 13.0. The average Bonchev–Trinajstić information content (AvgIpc) is 2.18. The molecule has 0 heterocycles. The fourth-order valence-electron chi connectivity index (χ4n) is 1.84. The van der Waals surface area contributed by atoms with E-state index in [0.29, 0.717) is 5.92 Å². The van der Waals surface area contributed by atoms with Gasteiger partial charge in [-0.25, -0.2) is 0 Å². The van der Waals surface area contributed by atoms with Crippen LogP contribution in [-0.2, 0) is 0 Å². The van der Waals surface area contributed by atoms with Crippen LogP contribution in [0.5, 0.6) is 0 Å². The molecule has 1 nitrogen and oxygen atoms in total. The van der Waals surface area contributed by atoms with Crippen LogP contribution >= 0.6 is 27.5 Å². The minimum atomic E-state index is 0.0787. The van der Waals surface area contributed by atoms with Crippen molar-refractivity contribution in [2.24, 2.45) is 11.7 Å². The molecular weight excluding hydrogens is 273 g/mol. The van der Waals surface area contributed by atoms with E-state index >= 15 is 0 Å². The van der Waals surface area contributed by atoms with E-state index in [1.807, 2.05) is 12.1 Å². The second-order valence-electron chi connectivity index (χ2n) is 3.81. The van der Waals surface area contributed by atoms with Crippen molar-refractivity contribution in [2.45, 2.75) is 32.7 Å². The van der Waals surface area contributed by atoms with Crippen LogP contribution in [0.3, 0.4) is 0 Å². The van der Waals surface area contributed by atoms with Gasteiger partial charge >= 0.3 is 0 Å². The van der Waals surface area contributed by atoms with E-state index in [9.17, 15) is 0 Å². The highest BCUT2D eigenvalue weighted by atomic mass is 79.9. The third kappa shape index (κ3) is 3.47. The van der Waals surface area contributed by atoms with Gasteiger partial charge in [0.2, 0.25) is 0 Å². The van der Waals surface area contributed by atoms with Gasteiger partial charge in [-0.15, -0.1) is 0 Å². The molecule has 3 heteroatoms. The second kappa shape index (κ2) is 5.88. The average molecular weight is 291 g/mol. The predicted molar refractivity (Wildman–Crippen MR) is 70.2 cm³/mol. The summed E-state index contributed by atoms with van der Waals surface area (Å²) < 4.78 is 0.992. The maximum Gasteiger partial charge on any atom is 0.0420 e. The number of hydrogen-bond acceptors (Lipinski definition) is 1. The summed E-state index contributed by atoms with van der Waals surface area (Å²) in [7, 11) is 0. The van der Waals surface area contributed by atoms with E-state index in [4.69, 9.17) is 17.3 Å². The quantitative estimate of drug-likeness (QED) is 0.865. The molecule has 0 aliphatic carbocycles. The van der Waals surface area contributed by atoms with Crippen molar-refractivity contribution in [2.75, 3.05) is 0 Å². The van der Waals surface area contributed by atoms with Crippen LogP contribution in [0.15, 0.2) is 22.7 Å². The van der Waals surface area contributed by atoms with Crippen LogP contribution in [0.1, 0.15) is 38.3 Å². The van der Waals surface area contributed by atoms with Gasteiger partial charge in [-0.05, 0) is 29.7 Å². The normalized spacial score (nSPS) is 13.2. The molecule has 0 bridgehead atoms. The monoisotopic (exact) mass is 289 g/mol. The lowest BCUT2D eigenvalue weighted by Gasteiger charge is -2.21. The predicted octanol–water partition coefficient (Wildman–Crippen LogP) is 4.54. The first-order valence-corrected chi connectivity index (χ1v) is 6.47. The van der Waals surface area contributed by atoms with Gasteiger partial charge in [0.05, 0.1) is 0 Å². The summed E-state index contributed by atoms with van der Waals surface area (Å²) in [5.74, 6) is 0.523. The van der Waals surface area contributed by atoms with Crippen molar-refractivity contribution >= 4 is 27.5 Å². The lowest BCUT2D eigenvalue weighted by atomic mass is 9.90. The Labute approximate surface area is 105 Å². The van der Waals surface area contributed by atoms with Crippen molar-refractivity contribution in [3.8, 4) is 0 Å². The van der Waals surface area contributed by atoms with Crippen molar-refractivity contribution in [1.82, 2.24) is 0 Å². The maximum absolute atomic E-state index is 6.22. The molecule has 0 radical (unpaired) electrons. The minimum Gasteiger partial charge on any atom is -0.324 e. The van der Waals surface area contributed by atoms with Gasteiger partial charge in [0.25, 0.3) is 0 Å². The molecule has 0 aromatic heterocycles. The number of hydrogen-bond donors (Lipinski definition) is 1. The molecule has 1 rings (SSSR count). The van der Waals surface area contributed by atoms with Gasteiger partial charge in [0.15, 0.2) is 0 Å². The van der Waals surface area contributed by atoms with Gasteiger partial charge in [-0.3, -0.25) is 0 Å². The van der Waals surface area contributed by atoms with Gasteiger partial charge in [0, 0.05) is 15.5 Å². The molecule has 1 unspecified atom stereocenters. The lowest BCUT2D eigenvalue weighted by Crippen LogP contribution is -2.20. The first-order valence-electron chi connectivity index (χ1n) is 5.30. The zero-order valence-electron chi connectivity index (χ0n) is 9.13.